The maximum Gasteiger partial charge on any atom is 0.275 e. The standard InChI is InChI=1S/C13H18N4O3S/c1-2-5-17(11-3-7-21(19,20)9-11)13(18)12-8-16(6-4-14)10-15-12/h1,8,10-11H,3-7,9,14H2. The highest BCUT2D eigenvalue weighted by Crippen LogP contribution is 2.19. The zero-order valence-electron chi connectivity index (χ0n) is 11.6. The highest BCUT2D eigenvalue weighted by molar-refractivity contribution is 7.91. The van der Waals surface area contributed by atoms with Crippen molar-refractivity contribution in [2.45, 2.75) is 19.0 Å². The van der Waals surface area contributed by atoms with E-state index in [4.69, 9.17) is 12.2 Å². The Balaban J connectivity index is 2.17. The molecule has 8 heteroatoms. The Bertz CT molecular complexity index is 659. The largest absolute Gasteiger partial charge is 0.335 e. The minimum absolute atomic E-state index is 0.0378. The molecule has 1 aromatic heterocycles. The Labute approximate surface area is 124 Å². The Morgan fingerprint density at radius 2 is 2.38 bits per heavy atom. The molecule has 1 unspecified atom stereocenters. The smallest absolute Gasteiger partial charge is 0.275 e. The van der Waals surface area contributed by atoms with Crippen molar-refractivity contribution in [1.82, 2.24) is 14.5 Å². The number of hydrogen-bond acceptors (Lipinski definition) is 5. The van der Waals surface area contributed by atoms with Crippen LogP contribution in [0.3, 0.4) is 0 Å². The van der Waals surface area contributed by atoms with Crippen LogP contribution < -0.4 is 5.73 Å². The van der Waals surface area contributed by atoms with Gasteiger partial charge in [-0.2, -0.15) is 0 Å². The number of carbonyl (C=O) groups is 1. The Morgan fingerprint density at radius 3 is 2.95 bits per heavy atom. The second-order valence-electron chi connectivity index (χ2n) is 4.98. The summed E-state index contributed by atoms with van der Waals surface area (Å²) in [6.07, 6.45) is 8.84. The molecule has 1 aliphatic rings. The third kappa shape index (κ3) is 3.62. The molecule has 7 nitrogen and oxygen atoms in total. The summed E-state index contributed by atoms with van der Waals surface area (Å²) in [5.41, 5.74) is 5.70. The summed E-state index contributed by atoms with van der Waals surface area (Å²) in [4.78, 5) is 17.9. The monoisotopic (exact) mass is 310 g/mol. The predicted molar refractivity (Wildman–Crippen MR) is 78.2 cm³/mol. The zero-order valence-corrected chi connectivity index (χ0v) is 12.4. The van der Waals surface area contributed by atoms with E-state index in [1.54, 1.807) is 10.8 Å². The van der Waals surface area contributed by atoms with Crippen LogP contribution >= 0.6 is 0 Å². The van der Waals surface area contributed by atoms with Gasteiger partial charge in [0.2, 0.25) is 0 Å². The second-order valence-corrected chi connectivity index (χ2v) is 7.21. The summed E-state index contributed by atoms with van der Waals surface area (Å²) < 4.78 is 24.9. The van der Waals surface area contributed by atoms with Crippen molar-refractivity contribution in [3.05, 3.63) is 18.2 Å². The van der Waals surface area contributed by atoms with E-state index in [-0.39, 0.29) is 35.7 Å². The van der Waals surface area contributed by atoms with Crippen LogP contribution in [-0.2, 0) is 16.4 Å². The van der Waals surface area contributed by atoms with E-state index in [1.165, 1.54) is 11.2 Å². The molecule has 0 aromatic carbocycles. The number of amides is 1. The number of nitrogens with zero attached hydrogens (tertiary/aromatic N) is 3. The van der Waals surface area contributed by atoms with E-state index in [9.17, 15) is 13.2 Å². The molecule has 2 rings (SSSR count). The van der Waals surface area contributed by atoms with Gasteiger partial charge in [-0.3, -0.25) is 4.79 Å². The first-order valence-electron chi connectivity index (χ1n) is 6.63. The van der Waals surface area contributed by atoms with Crippen LogP contribution in [0.2, 0.25) is 0 Å². The average molecular weight is 310 g/mol. The van der Waals surface area contributed by atoms with Gasteiger partial charge < -0.3 is 15.2 Å². The van der Waals surface area contributed by atoms with Crippen molar-refractivity contribution in [2.24, 2.45) is 5.73 Å². The molecule has 1 atom stereocenters. The minimum atomic E-state index is -3.08. The number of sulfone groups is 1. The van der Waals surface area contributed by atoms with E-state index < -0.39 is 9.84 Å². The lowest BCUT2D eigenvalue weighted by atomic mass is 10.2. The first kappa shape index (κ1) is 15.5. The third-order valence-electron chi connectivity index (χ3n) is 3.41. The first-order chi connectivity index (χ1) is 9.96. The lowest BCUT2D eigenvalue weighted by molar-refractivity contribution is 0.0719. The van der Waals surface area contributed by atoms with Gasteiger partial charge in [-0.05, 0) is 6.42 Å². The third-order valence-corrected chi connectivity index (χ3v) is 5.16. The summed E-state index contributed by atoms with van der Waals surface area (Å²) in [5.74, 6) is 2.12. The molecule has 1 amide bonds. The van der Waals surface area contributed by atoms with Gasteiger partial charge in [-0.15, -0.1) is 6.42 Å². The topological polar surface area (TPSA) is 98.3 Å². The normalized spacial score (nSPS) is 20.1. The Hall–Kier alpha value is -1.85. The summed E-state index contributed by atoms with van der Waals surface area (Å²) in [7, 11) is -3.08. The Kier molecular flexibility index (Phi) is 4.65. The SMILES string of the molecule is C#CCN(C(=O)c1cn(CCN)cn1)C1CCS(=O)(=O)C1. The van der Waals surface area contributed by atoms with Crippen molar-refractivity contribution in [1.29, 1.82) is 0 Å². The number of terminal acetylenes is 1. The summed E-state index contributed by atoms with van der Waals surface area (Å²) in [5, 5.41) is 0. The minimum Gasteiger partial charge on any atom is -0.335 e. The van der Waals surface area contributed by atoms with Crippen LogP contribution in [0.4, 0.5) is 0 Å². The molecule has 0 saturated carbocycles. The molecule has 0 radical (unpaired) electrons. The molecule has 1 aromatic rings. The van der Waals surface area contributed by atoms with Crippen LogP contribution in [-0.4, -0.2) is 59.4 Å². The molecule has 0 bridgehead atoms. The molecular formula is C13H18N4O3S. The zero-order chi connectivity index (χ0) is 15.5. The molecule has 1 fully saturated rings. The van der Waals surface area contributed by atoms with E-state index in [2.05, 4.69) is 10.9 Å². The van der Waals surface area contributed by atoms with Gasteiger partial charge in [0.25, 0.3) is 5.91 Å². The van der Waals surface area contributed by atoms with E-state index in [1.807, 2.05) is 0 Å². The molecule has 0 spiro atoms. The van der Waals surface area contributed by atoms with Crippen LogP contribution in [0.25, 0.3) is 0 Å². The number of rotatable bonds is 5. The van der Waals surface area contributed by atoms with E-state index >= 15 is 0 Å². The highest BCUT2D eigenvalue weighted by atomic mass is 32.2. The van der Waals surface area contributed by atoms with Crippen molar-refractivity contribution in [3.63, 3.8) is 0 Å². The second kappa shape index (κ2) is 6.28. The number of hydrogen-bond donors (Lipinski definition) is 1. The lowest BCUT2D eigenvalue weighted by Crippen LogP contribution is -2.41. The average Bonchev–Trinajstić information content (AvgIpc) is 3.02. The Morgan fingerprint density at radius 1 is 1.62 bits per heavy atom. The van der Waals surface area contributed by atoms with Crippen molar-refractivity contribution < 1.29 is 13.2 Å². The summed E-state index contributed by atoms with van der Waals surface area (Å²) in [6, 6.07) is -0.377. The maximum absolute atomic E-state index is 12.5. The quantitative estimate of drug-likeness (QED) is 0.711. The fourth-order valence-electron chi connectivity index (χ4n) is 2.38. The van der Waals surface area contributed by atoms with Crippen molar-refractivity contribution >= 4 is 15.7 Å². The molecule has 1 aliphatic heterocycles. The molecule has 0 aliphatic carbocycles. The van der Waals surface area contributed by atoms with Crippen molar-refractivity contribution in [3.8, 4) is 12.3 Å². The van der Waals surface area contributed by atoms with Crippen LogP contribution in [0.5, 0.6) is 0 Å². The maximum atomic E-state index is 12.5. The van der Waals surface area contributed by atoms with E-state index in [0.717, 1.165) is 0 Å². The molecule has 2 heterocycles. The predicted octanol–water partition coefficient (Wildman–Crippen LogP) is -0.896. The molecular weight excluding hydrogens is 292 g/mol. The fraction of sp³-hybridized carbons (Fsp3) is 0.538. The van der Waals surface area contributed by atoms with E-state index in [0.29, 0.717) is 19.5 Å². The van der Waals surface area contributed by atoms with Crippen molar-refractivity contribution in [2.75, 3.05) is 24.6 Å². The molecule has 114 valence electrons. The molecule has 21 heavy (non-hydrogen) atoms. The van der Waals surface area contributed by atoms with Gasteiger partial charge in [0.15, 0.2) is 9.84 Å². The van der Waals surface area contributed by atoms with Gasteiger partial charge in [0.1, 0.15) is 5.69 Å². The molecule has 2 N–H and O–H groups in total. The number of carbonyl (C=O) groups excluding carboxylic acids is 1. The summed E-state index contributed by atoms with van der Waals surface area (Å²) in [6.45, 7) is 1.08. The first-order valence-corrected chi connectivity index (χ1v) is 8.45. The number of imidazole rings is 1. The fourth-order valence-corrected chi connectivity index (χ4v) is 4.11. The van der Waals surface area contributed by atoms with Gasteiger partial charge in [0.05, 0.1) is 24.4 Å². The summed E-state index contributed by atoms with van der Waals surface area (Å²) >= 11 is 0. The van der Waals surface area contributed by atoms with Crippen LogP contribution in [0, 0.1) is 12.3 Å². The highest BCUT2D eigenvalue weighted by Gasteiger charge is 2.35. The number of nitrogens with two attached hydrogens (primary N) is 1. The van der Waals surface area contributed by atoms with Crippen LogP contribution in [0.15, 0.2) is 12.5 Å². The van der Waals surface area contributed by atoms with Gasteiger partial charge in [0, 0.05) is 25.3 Å². The lowest BCUT2D eigenvalue weighted by Gasteiger charge is -2.25. The van der Waals surface area contributed by atoms with Crippen LogP contribution in [0.1, 0.15) is 16.9 Å². The van der Waals surface area contributed by atoms with Gasteiger partial charge >= 0.3 is 0 Å². The molecule has 1 saturated heterocycles. The number of aromatic nitrogens is 2. The van der Waals surface area contributed by atoms with Gasteiger partial charge in [-0.25, -0.2) is 13.4 Å². The van der Waals surface area contributed by atoms with Gasteiger partial charge in [-0.1, -0.05) is 5.92 Å².